The van der Waals surface area contributed by atoms with Gasteiger partial charge in [-0.1, -0.05) is 32.8 Å². The van der Waals surface area contributed by atoms with Crippen LogP contribution in [0.3, 0.4) is 0 Å². The molecule has 0 N–H and O–H groups in total. The molecule has 122 valence electrons. The van der Waals surface area contributed by atoms with Gasteiger partial charge in [0, 0.05) is 17.7 Å². The van der Waals surface area contributed by atoms with Gasteiger partial charge in [0.1, 0.15) is 5.75 Å². The van der Waals surface area contributed by atoms with Crippen molar-refractivity contribution in [2.75, 3.05) is 13.4 Å². The van der Waals surface area contributed by atoms with Gasteiger partial charge in [0.05, 0.1) is 6.61 Å². The molecule has 0 spiro atoms. The van der Waals surface area contributed by atoms with Crippen LogP contribution in [0.25, 0.3) is 0 Å². The van der Waals surface area contributed by atoms with Gasteiger partial charge in [0.25, 0.3) is 0 Å². The van der Waals surface area contributed by atoms with E-state index in [1.165, 1.54) is 0 Å². The van der Waals surface area contributed by atoms with E-state index in [9.17, 15) is 0 Å². The van der Waals surface area contributed by atoms with Crippen LogP contribution in [0.2, 0.25) is 18.1 Å². The van der Waals surface area contributed by atoms with E-state index in [0.29, 0.717) is 13.2 Å². The second-order valence-electron chi connectivity index (χ2n) is 6.73. The van der Waals surface area contributed by atoms with Crippen molar-refractivity contribution in [2.45, 2.75) is 52.4 Å². The molecule has 4 heteroatoms. The van der Waals surface area contributed by atoms with E-state index in [1.54, 1.807) is 0 Å². The third kappa shape index (κ3) is 4.87. The lowest BCUT2D eigenvalue weighted by atomic mass is 10.1. The molecule has 0 fully saturated rings. The molecule has 0 saturated carbocycles. The third-order valence-corrected chi connectivity index (χ3v) is 8.65. The molecule has 0 atom stereocenters. The highest BCUT2D eigenvalue weighted by Gasteiger charge is 2.37. The molecule has 0 unspecified atom stereocenters. The van der Waals surface area contributed by atoms with Crippen molar-refractivity contribution in [1.29, 1.82) is 0 Å². The number of hydrogen-bond donors (Lipinski definition) is 0. The quantitative estimate of drug-likeness (QED) is 0.319. The average molecular weight is 321 g/mol. The van der Waals surface area contributed by atoms with Crippen molar-refractivity contribution < 1.29 is 13.9 Å². The Balaban J connectivity index is 2.94. The highest BCUT2D eigenvalue weighted by molar-refractivity contribution is 6.74. The molecule has 3 nitrogen and oxygen atoms in total. The SMILES string of the molecule is C#Cc1cccc(OCOCC)c1CO[Si](C)(C)C(C)(C)C. The van der Waals surface area contributed by atoms with E-state index in [1.807, 2.05) is 25.1 Å². The molecule has 1 aromatic carbocycles. The minimum Gasteiger partial charge on any atom is -0.467 e. The Kier molecular flexibility index (Phi) is 6.67. The molecule has 1 aromatic rings. The number of ether oxygens (including phenoxy) is 2. The molecule has 0 heterocycles. The first-order valence-corrected chi connectivity index (χ1v) is 10.6. The van der Waals surface area contributed by atoms with Gasteiger partial charge in [-0.15, -0.1) is 6.42 Å². The van der Waals surface area contributed by atoms with E-state index in [-0.39, 0.29) is 11.8 Å². The first-order valence-electron chi connectivity index (χ1n) is 7.66. The minimum atomic E-state index is -1.84. The monoisotopic (exact) mass is 320 g/mol. The smallest absolute Gasteiger partial charge is 0.192 e. The summed E-state index contributed by atoms with van der Waals surface area (Å²) in [5.74, 6) is 3.45. The Morgan fingerprint density at radius 1 is 1.23 bits per heavy atom. The molecule has 0 amide bonds. The lowest BCUT2D eigenvalue weighted by Gasteiger charge is -2.36. The van der Waals surface area contributed by atoms with Gasteiger partial charge in [0.15, 0.2) is 15.1 Å². The maximum absolute atomic E-state index is 6.29. The molecule has 0 bridgehead atoms. The highest BCUT2D eigenvalue weighted by Crippen LogP contribution is 2.37. The van der Waals surface area contributed by atoms with E-state index in [4.69, 9.17) is 20.3 Å². The molecule has 0 aliphatic rings. The van der Waals surface area contributed by atoms with Crippen molar-refractivity contribution >= 4 is 8.32 Å². The summed E-state index contributed by atoms with van der Waals surface area (Å²) in [5.41, 5.74) is 1.74. The van der Waals surface area contributed by atoms with E-state index in [2.05, 4.69) is 39.8 Å². The Bertz CT molecular complexity index is 524. The lowest BCUT2D eigenvalue weighted by Crippen LogP contribution is -2.40. The fourth-order valence-corrected chi connectivity index (χ4v) is 2.58. The summed E-state index contributed by atoms with van der Waals surface area (Å²) in [6.45, 7) is 14.4. The standard InChI is InChI=1S/C18H28O3Si/c1-8-15-11-10-12-17(20-14-19-9-2)16(15)13-21-22(6,7)18(3,4)5/h1,10-12H,9,13-14H2,2-7H3. The van der Waals surface area contributed by atoms with Crippen molar-refractivity contribution in [3.63, 3.8) is 0 Å². The van der Waals surface area contributed by atoms with E-state index < -0.39 is 8.32 Å². The van der Waals surface area contributed by atoms with Gasteiger partial charge < -0.3 is 13.9 Å². The van der Waals surface area contributed by atoms with Crippen LogP contribution in [0, 0.1) is 12.3 Å². The fraction of sp³-hybridized carbons (Fsp3) is 0.556. The van der Waals surface area contributed by atoms with Gasteiger partial charge in [-0.3, -0.25) is 0 Å². The summed E-state index contributed by atoms with van der Waals surface area (Å²) in [7, 11) is -1.84. The predicted octanol–water partition coefficient (Wildman–Crippen LogP) is 4.56. The van der Waals surface area contributed by atoms with Gasteiger partial charge >= 0.3 is 0 Å². The summed E-state index contributed by atoms with van der Waals surface area (Å²) in [6, 6.07) is 5.72. The number of hydrogen-bond acceptors (Lipinski definition) is 3. The summed E-state index contributed by atoms with van der Waals surface area (Å²) in [5, 5.41) is 0.157. The Hall–Kier alpha value is -1.28. The van der Waals surface area contributed by atoms with Crippen LogP contribution in [-0.4, -0.2) is 21.7 Å². The Labute approximate surface area is 136 Å². The maximum Gasteiger partial charge on any atom is 0.192 e. The number of rotatable bonds is 7. The normalized spacial score (nSPS) is 12.0. The van der Waals surface area contributed by atoms with Crippen LogP contribution in [-0.2, 0) is 15.8 Å². The van der Waals surface area contributed by atoms with Crippen molar-refractivity contribution in [1.82, 2.24) is 0 Å². The second kappa shape index (κ2) is 7.82. The molecular formula is C18H28O3Si. The molecule has 0 aromatic heterocycles. The zero-order valence-electron chi connectivity index (χ0n) is 14.7. The molecular weight excluding hydrogens is 292 g/mol. The van der Waals surface area contributed by atoms with Crippen LogP contribution >= 0.6 is 0 Å². The van der Waals surface area contributed by atoms with Crippen LogP contribution in [0.1, 0.15) is 38.8 Å². The highest BCUT2D eigenvalue weighted by atomic mass is 28.4. The second-order valence-corrected chi connectivity index (χ2v) is 11.5. The lowest BCUT2D eigenvalue weighted by molar-refractivity contribution is 0.0212. The summed E-state index contributed by atoms with van der Waals surface area (Å²) >= 11 is 0. The maximum atomic E-state index is 6.29. The van der Waals surface area contributed by atoms with Crippen molar-refractivity contribution in [3.05, 3.63) is 29.3 Å². The average Bonchev–Trinajstić information content (AvgIpc) is 2.44. The van der Waals surface area contributed by atoms with Crippen LogP contribution in [0.4, 0.5) is 0 Å². The largest absolute Gasteiger partial charge is 0.467 e. The summed E-state index contributed by atoms with van der Waals surface area (Å²) in [4.78, 5) is 0. The Morgan fingerprint density at radius 3 is 2.45 bits per heavy atom. The molecule has 0 saturated heterocycles. The number of benzene rings is 1. The first kappa shape index (κ1) is 18.8. The van der Waals surface area contributed by atoms with Gasteiger partial charge in [-0.2, -0.15) is 0 Å². The van der Waals surface area contributed by atoms with Crippen LogP contribution in [0.5, 0.6) is 5.75 Å². The molecule has 0 aliphatic carbocycles. The van der Waals surface area contributed by atoms with Gasteiger partial charge in [0.2, 0.25) is 0 Å². The predicted molar refractivity (Wildman–Crippen MR) is 93.5 cm³/mol. The zero-order valence-corrected chi connectivity index (χ0v) is 15.7. The summed E-state index contributed by atoms with van der Waals surface area (Å²) < 4.78 is 17.2. The molecule has 0 aliphatic heterocycles. The molecule has 1 rings (SSSR count). The van der Waals surface area contributed by atoms with Gasteiger partial charge in [-0.25, -0.2) is 0 Å². The van der Waals surface area contributed by atoms with Crippen molar-refractivity contribution in [3.8, 4) is 18.1 Å². The fourth-order valence-electron chi connectivity index (χ4n) is 1.64. The topological polar surface area (TPSA) is 27.7 Å². The Morgan fingerprint density at radius 2 is 1.91 bits per heavy atom. The van der Waals surface area contributed by atoms with Crippen molar-refractivity contribution in [2.24, 2.45) is 0 Å². The third-order valence-electron chi connectivity index (χ3n) is 4.17. The van der Waals surface area contributed by atoms with Gasteiger partial charge in [-0.05, 0) is 37.2 Å². The van der Waals surface area contributed by atoms with Crippen LogP contribution < -0.4 is 4.74 Å². The molecule has 22 heavy (non-hydrogen) atoms. The zero-order chi connectivity index (χ0) is 16.8. The van der Waals surface area contributed by atoms with E-state index in [0.717, 1.165) is 16.9 Å². The van der Waals surface area contributed by atoms with E-state index >= 15 is 0 Å². The number of terminal acetylenes is 1. The first-order chi connectivity index (χ1) is 10.2. The summed E-state index contributed by atoms with van der Waals surface area (Å²) in [6.07, 6.45) is 5.62. The molecule has 0 radical (unpaired) electrons. The van der Waals surface area contributed by atoms with Crippen LogP contribution in [0.15, 0.2) is 18.2 Å². The minimum absolute atomic E-state index is 0.157.